The Balaban J connectivity index is 1.24. The van der Waals surface area contributed by atoms with Crippen LogP contribution in [0.25, 0.3) is 55.4 Å². The zero-order valence-corrected chi connectivity index (χ0v) is 21.1. The fourth-order valence-corrected chi connectivity index (χ4v) is 5.97. The number of hydrogen-bond acceptors (Lipinski definition) is 3. The first kappa shape index (κ1) is 21.3. The number of para-hydroxylation sites is 1. The lowest BCUT2D eigenvalue weighted by Gasteiger charge is -2.34. The molecule has 0 N–H and O–H groups in total. The van der Waals surface area contributed by atoms with Crippen molar-refractivity contribution in [3.8, 4) is 34.1 Å². The third-order valence-electron chi connectivity index (χ3n) is 7.95. The maximum atomic E-state index is 6.48. The summed E-state index contributed by atoms with van der Waals surface area (Å²) in [5.74, 6) is 3.40. The molecule has 0 saturated carbocycles. The van der Waals surface area contributed by atoms with E-state index in [0.29, 0.717) is 0 Å². The maximum Gasteiger partial charge on any atom is 0.136 e. The van der Waals surface area contributed by atoms with Crippen LogP contribution in [-0.2, 0) is 5.41 Å². The zero-order valence-electron chi connectivity index (χ0n) is 21.1. The monoisotopic (exact) mass is 492 g/mol. The number of fused-ring (bicyclic) bond motifs is 6. The Morgan fingerprint density at radius 1 is 0.553 bits per heavy atom. The highest BCUT2D eigenvalue weighted by molar-refractivity contribution is 6.15. The Morgan fingerprint density at radius 3 is 2.21 bits per heavy atom. The van der Waals surface area contributed by atoms with Crippen molar-refractivity contribution >= 4 is 32.7 Å². The fourth-order valence-electron chi connectivity index (χ4n) is 5.97. The minimum absolute atomic E-state index is 0.140. The first-order chi connectivity index (χ1) is 18.6. The van der Waals surface area contributed by atoms with E-state index in [1.54, 1.807) is 0 Å². The third kappa shape index (κ3) is 3.02. The summed E-state index contributed by atoms with van der Waals surface area (Å²) in [7, 11) is 0. The van der Waals surface area contributed by atoms with Crippen molar-refractivity contribution in [3.05, 3.63) is 120 Å². The van der Waals surface area contributed by atoms with Gasteiger partial charge in [-0.3, -0.25) is 0 Å². The van der Waals surface area contributed by atoms with Crippen LogP contribution in [0.4, 0.5) is 0 Å². The van der Waals surface area contributed by atoms with Gasteiger partial charge in [-0.15, -0.1) is 0 Å². The molecule has 8 rings (SSSR count). The van der Waals surface area contributed by atoms with Crippen LogP contribution < -0.4 is 4.74 Å². The van der Waals surface area contributed by atoms with Crippen LogP contribution in [0.2, 0.25) is 0 Å². The first-order valence-corrected chi connectivity index (χ1v) is 12.9. The molecule has 0 atom stereocenters. The molecule has 2 aromatic heterocycles. The number of hydrogen-bond donors (Lipinski definition) is 0. The normalized spacial score (nSPS) is 13.9. The van der Waals surface area contributed by atoms with Crippen molar-refractivity contribution < 1.29 is 13.6 Å². The summed E-state index contributed by atoms with van der Waals surface area (Å²) < 4.78 is 19.1. The third-order valence-corrected chi connectivity index (χ3v) is 7.95. The van der Waals surface area contributed by atoms with Gasteiger partial charge in [0.2, 0.25) is 0 Å². The molecule has 3 heteroatoms. The molecule has 0 bridgehead atoms. The lowest BCUT2D eigenvalue weighted by atomic mass is 9.75. The van der Waals surface area contributed by atoms with E-state index >= 15 is 0 Å². The van der Waals surface area contributed by atoms with Crippen molar-refractivity contribution in [2.45, 2.75) is 19.3 Å². The predicted octanol–water partition coefficient (Wildman–Crippen LogP) is 10.1. The van der Waals surface area contributed by atoms with Crippen LogP contribution in [-0.4, -0.2) is 0 Å². The Labute approximate surface area is 219 Å². The topological polar surface area (TPSA) is 35.5 Å². The van der Waals surface area contributed by atoms with Crippen LogP contribution in [0, 0.1) is 0 Å². The molecule has 3 heterocycles. The Morgan fingerprint density at radius 2 is 1.32 bits per heavy atom. The van der Waals surface area contributed by atoms with Gasteiger partial charge >= 0.3 is 0 Å². The van der Waals surface area contributed by atoms with Gasteiger partial charge in [0.15, 0.2) is 0 Å². The molecule has 0 amide bonds. The van der Waals surface area contributed by atoms with Gasteiger partial charge in [0.1, 0.15) is 34.2 Å². The van der Waals surface area contributed by atoms with E-state index in [-0.39, 0.29) is 5.41 Å². The van der Waals surface area contributed by atoms with E-state index in [1.165, 1.54) is 21.9 Å². The van der Waals surface area contributed by atoms with E-state index < -0.39 is 0 Å². The van der Waals surface area contributed by atoms with Gasteiger partial charge in [0.25, 0.3) is 0 Å². The van der Waals surface area contributed by atoms with E-state index in [2.05, 4.69) is 86.6 Å². The van der Waals surface area contributed by atoms with Crippen LogP contribution >= 0.6 is 0 Å². The van der Waals surface area contributed by atoms with Crippen molar-refractivity contribution in [3.63, 3.8) is 0 Å². The second-order valence-corrected chi connectivity index (χ2v) is 10.6. The molecule has 1 aliphatic heterocycles. The number of rotatable bonds is 2. The standard InChI is InChI=1S/C35H24O3/c1-35(2)26-11-5-6-12-30(26)37-33-20-23(14-15-27(33)35)28-16-17-29(36-28)24-10-7-13-31-34(24)25-18-21-8-3-4-9-22(21)19-32(25)38-31/h3-20H,1-2H3. The van der Waals surface area contributed by atoms with Crippen LogP contribution in [0.5, 0.6) is 11.5 Å². The number of ether oxygens (including phenoxy) is 1. The molecule has 0 aliphatic carbocycles. The van der Waals surface area contributed by atoms with E-state index in [9.17, 15) is 0 Å². The van der Waals surface area contributed by atoms with Crippen LogP contribution in [0.1, 0.15) is 25.0 Å². The van der Waals surface area contributed by atoms with Crippen LogP contribution in [0.15, 0.2) is 118 Å². The Kier molecular flexibility index (Phi) is 4.28. The van der Waals surface area contributed by atoms with Gasteiger partial charge in [-0.05, 0) is 53.2 Å². The van der Waals surface area contributed by atoms with E-state index in [1.807, 2.05) is 36.4 Å². The number of benzene rings is 5. The molecule has 3 nitrogen and oxygen atoms in total. The lowest BCUT2D eigenvalue weighted by Crippen LogP contribution is -2.24. The zero-order chi connectivity index (χ0) is 25.4. The molecule has 0 fully saturated rings. The molecule has 5 aromatic carbocycles. The molecule has 7 aromatic rings. The molecule has 38 heavy (non-hydrogen) atoms. The minimum Gasteiger partial charge on any atom is -0.457 e. The molecule has 1 aliphatic rings. The molecule has 0 unspecified atom stereocenters. The van der Waals surface area contributed by atoms with Crippen molar-refractivity contribution in [2.24, 2.45) is 0 Å². The average Bonchev–Trinajstić information content (AvgIpc) is 3.57. The maximum absolute atomic E-state index is 6.48. The van der Waals surface area contributed by atoms with Crippen molar-refractivity contribution in [2.75, 3.05) is 0 Å². The van der Waals surface area contributed by atoms with Gasteiger partial charge in [0.05, 0.1) is 0 Å². The van der Waals surface area contributed by atoms with Gasteiger partial charge in [-0.25, -0.2) is 0 Å². The first-order valence-electron chi connectivity index (χ1n) is 12.9. The smallest absolute Gasteiger partial charge is 0.136 e. The quantitative estimate of drug-likeness (QED) is 0.241. The summed E-state index contributed by atoms with van der Waals surface area (Å²) in [6, 6.07) is 37.6. The lowest BCUT2D eigenvalue weighted by molar-refractivity contribution is 0.418. The minimum atomic E-state index is -0.140. The Hall–Kier alpha value is -4.76. The molecule has 182 valence electrons. The molecule has 0 spiro atoms. The van der Waals surface area contributed by atoms with Gasteiger partial charge in [0, 0.05) is 38.4 Å². The predicted molar refractivity (Wildman–Crippen MR) is 153 cm³/mol. The summed E-state index contributed by atoms with van der Waals surface area (Å²) in [6.45, 7) is 4.49. The summed E-state index contributed by atoms with van der Waals surface area (Å²) in [5, 5.41) is 4.52. The summed E-state index contributed by atoms with van der Waals surface area (Å²) in [4.78, 5) is 0. The molecular formula is C35H24O3. The highest BCUT2D eigenvalue weighted by atomic mass is 16.5. The van der Waals surface area contributed by atoms with Crippen molar-refractivity contribution in [1.82, 2.24) is 0 Å². The molecule has 0 saturated heterocycles. The number of furan rings is 2. The van der Waals surface area contributed by atoms with Gasteiger partial charge < -0.3 is 13.6 Å². The summed E-state index contributed by atoms with van der Waals surface area (Å²) in [6.07, 6.45) is 0. The average molecular weight is 493 g/mol. The summed E-state index contributed by atoms with van der Waals surface area (Å²) in [5.41, 5.74) is 5.98. The van der Waals surface area contributed by atoms with E-state index in [4.69, 9.17) is 13.6 Å². The SMILES string of the molecule is CC1(C)c2ccccc2Oc2cc(-c3ccc(-c4cccc5oc6cc7ccccc7cc6c45)o3)ccc21. The Bertz CT molecular complexity index is 2040. The van der Waals surface area contributed by atoms with E-state index in [0.717, 1.165) is 56.1 Å². The largest absolute Gasteiger partial charge is 0.457 e. The second-order valence-electron chi connectivity index (χ2n) is 10.6. The van der Waals surface area contributed by atoms with Crippen LogP contribution in [0.3, 0.4) is 0 Å². The van der Waals surface area contributed by atoms with Gasteiger partial charge in [-0.2, -0.15) is 0 Å². The van der Waals surface area contributed by atoms with Gasteiger partial charge in [-0.1, -0.05) is 80.6 Å². The molecule has 0 radical (unpaired) electrons. The van der Waals surface area contributed by atoms with Crippen molar-refractivity contribution in [1.29, 1.82) is 0 Å². The highest BCUT2D eigenvalue weighted by Crippen LogP contribution is 2.49. The summed E-state index contributed by atoms with van der Waals surface area (Å²) >= 11 is 0. The molecular weight excluding hydrogens is 468 g/mol. The fraction of sp³-hybridized carbons (Fsp3) is 0.0857. The highest BCUT2D eigenvalue weighted by Gasteiger charge is 2.34. The second kappa shape index (κ2) is 7.62.